The standard InChI is InChI=1S/C56H59Cl3N2O16S/c1-29-25-40-54(28-70-40,75-31(3)62)45-47(74-49(64)33-19-13-10-14-20-33)55(67)27-38(30(2)41(52(55,4)5)43(46(63)53(29,45)6)73-51(66)56(57,58)59)71-50(65)44-42(32-17-11-9-12-18-32)61(78-39-22-16-15-21-36(39)76-77-60)48(72-44)35-24-23-34(68-7)26-37(35)69-8/h9-24,26,29,38,40,42-45,47-48,67H,25,27-28,60H2,1-8H3/t29-,38-,40+,42-,43+,44+,45-,47-,48?,53+,54-,55+/m0/s1. The number of benzene rings is 4. The molecule has 2 bridgehead atoms. The Morgan fingerprint density at radius 1 is 0.872 bits per heavy atom. The predicted molar refractivity (Wildman–Crippen MR) is 283 cm³/mol. The zero-order chi connectivity index (χ0) is 56.3. The third kappa shape index (κ3) is 9.81. The third-order valence-corrected chi connectivity index (χ3v) is 18.0. The van der Waals surface area contributed by atoms with Crippen LogP contribution < -0.4 is 20.3 Å². The lowest BCUT2D eigenvalue weighted by Crippen LogP contribution is -2.81. The average Bonchev–Trinajstić information content (AvgIpc) is 3.94. The number of ether oxygens (including phenoxy) is 8. The summed E-state index contributed by atoms with van der Waals surface area (Å²) in [5, 5.41) is 14.3. The number of para-hydroxylation sites is 1. The van der Waals surface area contributed by atoms with E-state index in [9.17, 15) is 19.5 Å². The number of Topliss-reactive ketones (excluding diaryl/α,β-unsaturated/α-hetero) is 1. The molecule has 2 saturated carbocycles. The number of carbonyl (C=O) groups is 5. The van der Waals surface area contributed by atoms with Crippen LogP contribution in [0.25, 0.3) is 0 Å². The molecule has 9 rings (SSSR count). The lowest BCUT2D eigenvalue weighted by molar-refractivity contribution is -0.340. The summed E-state index contributed by atoms with van der Waals surface area (Å²) < 4.78 is 49.3. The molecule has 3 N–H and O–H groups in total. The van der Waals surface area contributed by atoms with Crippen LogP contribution in [0.5, 0.6) is 17.2 Å². The number of alkyl halides is 3. The molecule has 2 saturated heterocycles. The Bertz CT molecular complexity index is 3000. The molecule has 416 valence electrons. The quantitative estimate of drug-likeness (QED) is 0.0228. The maximum absolute atomic E-state index is 16.2. The molecule has 0 spiro atoms. The molecule has 12 atom stereocenters. The zero-order valence-corrected chi connectivity index (χ0v) is 46.9. The fourth-order valence-electron chi connectivity index (χ4n) is 12.3. The Morgan fingerprint density at radius 2 is 1.54 bits per heavy atom. The normalized spacial score (nSPS) is 31.2. The number of halogens is 3. The van der Waals surface area contributed by atoms with Crippen LogP contribution in [0.2, 0.25) is 0 Å². The molecule has 3 aliphatic carbocycles. The lowest BCUT2D eigenvalue weighted by Gasteiger charge is -2.68. The van der Waals surface area contributed by atoms with E-state index in [0.29, 0.717) is 27.5 Å². The van der Waals surface area contributed by atoms with Gasteiger partial charge in [0.15, 0.2) is 35.6 Å². The van der Waals surface area contributed by atoms with Crippen molar-refractivity contribution in [2.24, 2.45) is 28.6 Å². The van der Waals surface area contributed by atoms with Gasteiger partial charge in [-0.2, -0.15) is 5.90 Å². The summed E-state index contributed by atoms with van der Waals surface area (Å²) in [5.74, 6) is -0.406. The predicted octanol–water partition coefficient (Wildman–Crippen LogP) is 8.88. The van der Waals surface area contributed by atoms with Gasteiger partial charge in [-0.1, -0.05) is 128 Å². The van der Waals surface area contributed by atoms with Crippen LogP contribution in [0, 0.1) is 22.7 Å². The zero-order valence-electron chi connectivity index (χ0n) is 43.8. The molecule has 78 heavy (non-hydrogen) atoms. The molecule has 4 aromatic rings. The summed E-state index contributed by atoms with van der Waals surface area (Å²) in [5.41, 5.74) is -6.28. The highest BCUT2D eigenvalue weighted by Gasteiger charge is 2.78. The molecule has 2 aliphatic heterocycles. The first-order valence-electron chi connectivity index (χ1n) is 25.0. The number of methoxy groups -OCH3 is 2. The SMILES string of the molecule is COc1ccc(C2O[C@@H](C(=O)O[C@H]3C[C@@]4(O)[C@@H](OC(=O)c5ccccc5)[C@@H]5[C@]6(OC(C)=O)CO[C@@H]6C[C@H](C)[C@@]5(C)C(=O)[C@H](OC(=O)C(Cl)(Cl)Cl)C(=C3C)C4(C)C)[C@H](c3ccccc3)N2Sc2ccccc2OON)c(OC)c1. The number of nitrogens with zero attached hydrogens (tertiary/aromatic N) is 1. The van der Waals surface area contributed by atoms with Crippen molar-refractivity contribution >= 4 is 76.4 Å². The number of fused-ring (bicyclic) bond motifs is 5. The number of rotatable bonds is 14. The monoisotopic (exact) mass is 1150 g/mol. The highest BCUT2D eigenvalue weighted by molar-refractivity contribution is 7.97. The second-order valence-electron chi connectivity index (χ2n) is 20.8. The molecule has 18 nitrogen and oxygen atoms in total. The second kappa shape index (κ2) is 21.9. The largest absolute Gasteiger partial charge is 0.497 e. The molecule has 0 aromatic heterocycles. The fourth-order valence-corrected chi connectivity index (χ4v) is 13.6. The molecular formula is C56H59Cl3N2O16S. The van der Waals surface area contributed by atoms with E-state index < -0.39 is 117 Å². The van der Waals surface area contributed by atoms with Crippen molar-refractivity contribution in [3.8, 4) is 17.2 Å². The van der Waals surface area contributed by atoms with Gasteiger partial charge in [0.05, 0.1) is 43.2 Å². The smallest absolute Gasteiger partial charge is 0.359 e. The van der Waals surface area contributed by atoms with Gasteiger partial charge in [-0.25, -0.2) is 18.7 Å². The van der Waals surface area contributed by atoms with Crippen molar-refractivity contribution in [3.05, 3.63) is 131 Å². The molecule has 4 fully saturated rings. The van der Waals surface area contributed by atoms with Crippen LogP contribution in [0.3, 0.4) is 0 Å². The van der Waals surface area contributed by atoms with Crippen LogP contribution in [-0.4, -0.2) is 105 Å². The molecule has 22 heteroatoms. The Morgan fingerprint density at radius 3 is 2.15 bits per heavy atom. The molecule has 5 aliphatic rings. The number of esters is 4. The van der Waals surface area contributed by atoms with Crippen molar-refractivity contribution in [2.45, 2.75) is 117 Å². The Labute approximate surface area is 469 Å². The van der Waals surface area contributed by atoms with Crippen molar-refractivity contribution in [1.29, 1.82) is 0 Å². The van der Waals surface area contributed by atoms with E-state index in [-0.39, 0.29) is 35.5 Å². The Balaban J connectivity index is 1.24. The van der Waals surface area contributed by atoms with E-state index in [1.54, 1.807) is 107 Å². The maximum Gasteiger partial charge on any atom is 0.359 e. The van der Waals surface area contributed by atoms with Gasteiger partial charge in [0.1, 0.15) is 35.4 Å². The second-order valence-corrected chi connectivity index (χ2v) is 24.1. The summed E-state index contributed by atoms with van der Waals surface area (Å²) in [6.45, 7) is 9.05. The van der Waals surface area contributed by atoms with E-state index >= 15 is 9.59 Å². The van der Waals surface area contributed by atoms with Gasteiger partial charge in [-0.15, -0.1) is 0 Å². The fraction of sp³-hybridized carbons (Fsp3) is 0.446. The molecule has 0 radical (unpaired) electrons. The highest BCUT2D eigenvalue weighted by Crippen LogP contribution is 2.66. The van der Waals surface area contributed by atoms with Gasteiger partial charge in [0, 0.05) is 35.8 Å². The van der Waals surface area contributed by atoms with E-state index in [0.717, 1.165) is 11.9 Å². The van der Waals surface area contributed by atoms with Crippen molar-refractivity contribution in [1.82, 2.24) is 4.31 Å². The third-order valence-electron chi connectivity index (χ3n) is 16.4. The van der Waals surface area contributed by atoms with Gasteiger partial charge < -0.3 is 47.9 Å². The first-order chi connectivity index (χ1) is 37.0. The van der Waals surface area contributed by atoms with Gasteiger partial charge >= 0.3 is 23.9 Å². The summed E-state index contributed by atoms with van der Waals surface area (Å²) in [4.78, 5) is 84.4. The van der Waals surface area contributed by atoms with Crippen LogP contribution >= 0.6 is 46.8 Å². The first kappa shape index (κ1) is 57.2. The van der Waals surface area contributed by atoms with Crippen molar-refractivity contribution < 1.29 is 76.8 Å². The minimum atomic E-state index is -2.71. The van der Waals surface area contributed by atoms with Crippen LogP contribution in [0.1, 0.15) is 88.1 Å². The molecular weight excluding hydrogens is 1100 g/mol. The topological polar surface area (TPSA) is 227 Å². The number of hydrogen-bond donors (Lipinski definition) is 2. The van der Waals surface area contributed by atoms with Crippen LogP contribution in [0.4, 0.5) is 0 Å². The van der Waals surface area contributed by atoms with Gasteiger partial charge in [0.25, 0.3) is 3.79 Å². The molecule has 2 heterocycles. The molecule has 4 aromatic carbocycles. The van der Waals surface area contributed by atoms with Crippen LogP contribution in [-0.2, 0) is 52.6 Å². The van der Waals surface area contributed by atoms with E-state index in [1.807, 2.05) is 22.5 Å². The Kier molecular flexibility index (Phi) is 16.1. The summed E-state index contributed by atoms with van der Waals surface area (Å²) in [6, 6.07) is 28.1. The van der Waals surface area contributed by atoms with Gasteiger partial charge in [0.2, 0.25) is 0 Å². The Hall–Kier alpha value is -5.45. The average molecular weight is 1150 g/mol. The van der Waals surface area contributed by atoms with Crippen molar-refractivity contribution in [3.63, 3.8) is 0 Å². The number of hydrogen-bond acceptors (Lipinski definition) is 19. The van der Waals surface area contributed by atoms with Gasteiger partial charge in [-0.3, -0.25) is 9.59 Å². The van der Waals surface area contributed by atoms with E-state index in [4.69, 9.17) is 83.5 Å². The maximum atomic E-state index is 16.2. The number of aliphatic hydroxyl groups is 1. The van der Waals surface area contributed by atoms with E-state index in [1.165, 1.54) is 33.3 Å². The first-order valence-corrected chi connectivity index (χ1v) is 26.9. The van der Waals surface area contributed by atoms with E-state index in [2.05, 4.69) is 4.99 Å². The lowest BCUT2D eigenvalue weighted by atomic mass is 9.43. The minimum absolute atomic E-state index is 0.0217. The highest BCUT2D eigenvalue weighted by atomic mass is 35.6. The summed E-state index contributed by atoms with van der Waals surface area (Å²) in [7, 11) is 2.99. The number of ketones is 1. The number of nitrogens with two attached hydrogens (primary N) is 1. The van der Waals surface area contributed by atoms with Gasteiger partial charge in [-0.05, 0) is 84.3 Å². The summed E-state index contributed by atoms with van der Waals surface area (Å²) in [6.07, 6.45) is -8.97. The summed E-state index contributed by atoms with van der Waals surface area (Å²) >= 11 is 19.8. The van der Waals surface area contributed by atoms with Crippen LogP contribution in [0.15, 0.2) is 119 Å². The van der Waals surface area contributed by atoms with Crippen molar-refractivity contribution in [2.75, 3.05) is 20.8 Å². The minimum Gasteiger partial charge on any atom is -0.497 e. The molecule has 1 unspecified atom stereocenters. The molecule has 0 amide bonds. The number of carbonyl (C=O) groups excluding carboxylic acids is 5.